The van der Waals surface area contributed by atoms with E-state index in [4.69, 9.17) is 11.5 Å². The van der Waals surface area contributed by atoms with Crippen molar-refractivity contribution in [3.63, 3.8) is 0 Å². The minimum Gasteiger partial charge on any atom is -0.360 e. The molecule has 1 rings (SSSR count). The molecule has 0 saturated heterocycles. The normalized spacial score (nSPS) is 11.8. The third-order valence-electron chi connectivity index (χ3n) is 3.06. The maximum absolute atomic E-state index is 11.9. The molecule has 0 aliphatic carbocycles. The smallest absolute Gasteiger partial charge is 0.318 e. The number of nitrogens with one attached hydrogen (secondary N) is 1. The Morgan fingerprint density at radius 1 is 1.30 bits per heavy atom. The molecule has 110 valence electrons. The van der Waals surface area contributed by atoms with Gasteiger partial charge in [0.2, 0.25) is 5.91 Å². The molecule has 20 heavy (non-hydrogen) atoms. The first-order valence-corrected chi connectivity index (χ1v) is 6.65. The summed E-state index contributed by atoms with van der Waals surface area (Å²) in [6.45, 7) is 4.95. The van der Waals surface area contributed by atoms with Crippen LogP contribution in [0.1, 0.15) is 25.8 Å². The lowest BCUT2D eigenvalue weighted by Crippen LogP contribution is -2.48. The van der Waals surface area contributed by atoms with Gasteiger partial charge in [0, 0.05) is 18.8 Å². The number of hydrogen-bond donors (Lipinski definition) is 3. The number of nitrogens with two attached hydrogens (primary N) is 2. The molecule has 1 unspecified atom stereocenters. The summed E-state index contributed by atoms with van der Waals surface area (Å²) in [5.41, 5.74) is 12.5. The van der Waals surface area contributed by atoms with Crippen molar-refractivity contribution in [1.82, 2.24) is 5.32 Å². The van der Waals surface area contributed by atoms with Crippen molar-refractivity contribution in [1.29, 1.82) is 0 Å². The quantitative estimate of drug-likeness (QED) is 0.721. The monoisotopic (exact) mass is 278 g/mol. The number of carbonyl (C=O) groups is 2. The van der Waals surface area contributed by atoms with Gasteiger partial charge in [-0.05, 0) is 31.0 Å². The molecule has 3 amide bonds. The molecule has 0 fully saturated rings. The van der Waals surface area contributed by atoms with E-state index in [9.17, 15) is 9.59 Å². The lowest BCUT2D eigenvalue weighted by Gasteiger charge is -2.30. The maximum atomic E-state index is 11.9. The van der Waals surface area contributed by atoms with Crippen molar-refractivity contribution < 1.29 is 9.59 Å². The predicted octanol–water partition coefficient (Wildman–Crippen LogP) is 0.945. The first kappa shape index (κ1) is 16.0. The molecule has 0 radical (unpaired) electrons. The molecule has 0 heterocycles. The van der Waals surface area contributed by atoms with Crippen LogP contribution in [0.2, 0.25) is 0 Å². The third-order valence-corrected chi connectivity index (χ3v) is 3.06. The maximum Gasteiger partial charge on any atom is 0.318 e. The van der Waals surface area contributed by atoms with Crippen molar-refractivity contribution in [3.05, 3.63) is 29.8 Å². The standard InChI is InChI=1S/C14H22N4O2/c1-3-8-18(10(2)13(19)17-14(16)20)12-6-4-11(9-15)5-7-12/h4-7,10H,3,8-9,15H2,1-2H3,(H3,16,17,19,20). The third kappa shape index (κ3) is 4.24. The van der Waals surface area contributed by atoms with E-state index >= 15 is 0 Å². The van der Waals surface area contributed by atoms with E-state index in [0.29, 0.717) is 13.1 Å². The van der Waals surface area contributed by atoms with E-state index in [2.05, 4.69) is 5.32 Å². The average Bonchev–Trinajstić information content (AvgIpc) is 2.43. The molecule has 0 aromatic heterocycles. The van der Waals surface area contributed by atoms with Crippen LogP contribution in [0.5, 0.6) is 0 Å². The second kappa shape index (κ2) is 7.49. The van der Waals surface area contributed by atoms with E-state index in [0.717, 1.165) is 17.7 Å². The van der Waals surface area contributed by atoms with Crippen molar-refractivity contribution >= 4 is 17.6 Å². The largest absolute Gasteiger partial charge is 0.360 e. The van der Waals surface area contributed by atoms with Crippen LogP contribution in [0.15, 0.2) is 24.3 Å². The number of urea groups is 1. The fourth-order valence-corrected chi connectivity index (χ4v) is 1.98. The Balaban J connectivity index is 2.91. The van der Waals surface area contributed by atoms with Gasteiger partial charge >= 0.3 is 6.03 Å². The number of hydrogen-bond acceptors (Lipinski definition) is 4. The minimum absolute atomic E-state index is 0.408. The van der Waals surface area contributed by atoms with Gasteiger partial charge in [-0.2, -0.15) is 0 Å². The van der Waals surface area contributed by atoms with Crippen LogP contribution in [-0.2, 0) is 11.3 Å². The van der Waals surface area contributed by atoms with E-state index in [1.54, 1.807) is 6.92 Å². The zero-order valence-corrected chi connectivity index (χ0v) is 11.9. The van der Waals surface area contributed by atoms with Crippen LogP contribution in [0, 0.1) is 0 Å². The van der Waals surface area contributed by atoms with Crippen molar-refractivity contribution in [2.45, 2.75) is 32.9 Å². The highest BCUT2D eigenvalue weighted by molar-refractivity contribution is 5.97. The number of anilines is 1. The zero-order valence-electron chi connectivity index (χ0n) is 11.9. The fourth-order valence-electron chi connectivity index (χ4n) is 1.98. The van der Waals surface area contributed by atoms with Crippen LogP contribution in [-0.4, -0.2) is 24.5 Å². The molecule has 0 spiro atoms. The molecule has 6 nitrogen and oxygen atoms in total. The molecular weight excluding hydrogens is 256 g/mol. The van der Waals surface area contributed by atoms with Crippen LogP contribution >= 0.6 is 0 Å². The van der Waals surface area contributed by atoms with Gasteiger partial charge in [0.25, 0.3) is 0 Å². The van der Waals surface area contributed by atoms with Crippen LogP contribution < -0.4 is 21.7 Å². The highest BCUT2D eigenvalue weighted by Crippen LogP contribution is 2.18. The van der Waals surface area contributed by atoms with Gasteiger partial charge in [-0.15, -0.1) is 0 Å². The highest BCUT2D eigenvalue weighted by Gasteiger charge is 2.22. The van der Waals surface area contributed by atoms with E-state index in [1.807, 2.05) is 36.1 Å². The highest BCUT2D eigenvalue weighted by atomic mass is 16.2. The molecule has 1 atom stereocenters. The van der Waals surface area contributed by atoms with Crippen molar-refractivity contribution in [2.75, 3.05) is 11.4 Å². The van der Waals surface area contributed by atoms with E-state index in [-0.39, 0.29) is 0 Å². The fraction of sp³-hybridized carbons (Fsp3) is 0.429. The molecule has 5 N–H and O–H groups in total. The lowest BCUT2D eigenvalue weighted by atomic mass is 10.1. The van der Waals surface area contributed by atoms with Crippen molar-refractivity contribution in [2.24, 2.45) is 11.5 Å². The number of rotatable bonds is 6. The van der Waals surface area contributed by atoms with Gasteiger partial charge in [0.15, 0.2) is 0 Å². The lowest BCUT2D eigenvalue weighted by molar-refractivity contribution is -0.120. The number of nitrogens with zero attached hydrogens (tertiary/aromatic N) is 1. The van der Waals surface area contributed by atoms with Gasteiger partial charge in [-0.3, -0.25) is 10.1 Å². The summed E-state index contributed by atoms with van der Waals surface area (Å²) in [6.07, 6.45) is 0.882. The summed E-state index contributed by atoms with van der Waals surface area (Å²) in [4.78, 5) is 24.6. The number of benzene rings is 1. The average molecular weight is 278 g/mol. The van der Waals surface area contributed by atoms with Crippen LogP contribution in [0.3, 0.4) is 0 Å². The summed E-state index contributed by atoms with van der Waals surface area (Å²) in [5.74, 6) is -0.408. The Kier molecular flexibility index (Phi) is 5.99. The van der Waals surface area contributed by atoms with Gasteiger partial charge < -0.3 is 16.4 Å². The number of imide groups is 1. The van der Waals surface area contributed by atoms with Gasteiger partial charge in [-0.25, -0.2) is 4.79 Å². The topological polar surface area (TPSA) is 101 Å². The number of carbonyl (C=O) groups excluding carboxylic acids is 2. The predicted molar refractivity (Wildman–Crippen MR) is 79.2 cm³/mol. The summed E-state index contributed by atoms with van der Waals surface area (Å²) in [7, 11) is 0. The summed E-state index contributed by atoms with van der Waals surface area (Å²) < 4.78 is 0. The number of amides is 3. The summed E-state index contributed by atoms with van der Waals surface area (Å²) in [6, 6.07) is 6.38. The Labute approximate surface area is 119 Å². The number of primary amides is 1. The second-order valence-electron chi connectivity index (χ2n) is 4.59. The molecule has 6 heteroatoms. The first-order valence-electron chi connectivity index (χ1n) is 6.65. The molecule has 0 bridgehead atoms. The Morgan fingerprint density at radius 3 is 2.35 bits per heavy atom. The molecule has 0 aliphatic rings. The Bertz CT molecular complexity index is 459. The molecule has 1 aromatic carbocycles. The van der Waals surface area contributed by atoms with Crippen LogP contribution in [0.4, 0.5) is 10.5 Å². The Hall–Kier alpha value is -2.08. The van der Waals surface area contributed by atoms with Gasteiger partial charge in [-0.1, -0.05) is 19.1 Å². The summed E-state index contributed by atoms with van der Waals surface area (Å²) in [5, 5.41) is 2.11. The Morgan fingerprint density at radius 2 is 1.90 bits per heavy atom. The molecule has 0 saturated carbocycles. The van der Waals surface area contributed by atoms with E-state index in [1.165, 1.54) is 0 Å². The van der Waals surface area contributed by atoms with E-state index < -0.39 is 18.0 Å². The van der Waals surface area contributed by atoms with Gasteiger partial charge in [0.1, 0.15) is 6.04 Å². The SMILES string of the molecule is CCCN(c1ccc(CN)cc1)C(C)C(=O)NC(N)=O. The molecule has 0 aliphatic heterocycles. The van der Waals surface area contributed by atoms with Gasteiger partial charge in [0.05, 0.1) is 0 Å². The van der Waals surface area contributed by atoms with Crippen LogP contribution in [0.25, 0.3) is 0 Å². The first-order chi connectivity index (χ1) is 9.49. The zero-order chi connectivity index (χ0) is 15.1. The molecular formula is C14H22N4O2. The second-order valence-corrected chi connectivity index (χ2v) is 4.59. The minimum atomic E-state index is -0.836. The van der Waals surface area contributed by atoms with Crippen molar-refractivity contribution in [3.8, 4) is 0 Å². The molecule has 1 aromatic rings. The summed E-state index contributed by atoms with van der Waals surface area (Å²) >= 11 is 0.